The van der Waals surface area contributed by atoms with Crippen LogP contribution in [-0.4, -0.2) is 68.1 Å². The summed E-state index contributed by atoms with van der Waals surface area (Å²) in [5.41, 5.74) is 1.41. The van der Waals surface area contributed by atoms with Crippen molar-refractivity contribution in [3.05, 3.63) is 41.7 Å². The molecule has 0 radical (unpaired) electrons. The van der Waals surface area contributed by atoms with Crippen molar-refractivity contribution >= 4 is 5.91 Å². The van der Waals surface area contributed by atoms with Crippen molar-refractivity contribution in [3.63, 3.8) is 0 Å². The first-order valence-corrected chi connectivity index (χ1v) is 9.97. The van der Waals surface area contributed by atoms with Crippen LogP contribution in [0.3, 0.4) is 0 Å². The smallest absolute Gasteiger partial charge is 0.244 e. The molecule has 1 aromatic heterocycles. The number of nitrogens with zero attached hydrogens (tertiary/aromatic N) is 6. The van der Waals surface area contributed by atoms with E-state index < -0.39 is 0 Å². The van der Waals surface area contributed by atoms with Gasteiger partial charge >= 0.3 is 0 Å². The number of hydrogen-bond donors (Lipinski definition) is 0. The molecule has 7 heteroatoms. The molecular formula is C20H28N6O. The number of aromatic nitrogens is 4. The molecule has 3 aliphatic heterocycles. The van der Waals surface area contributed by atoms with Crippen molar-refractivity contribution in [2.24, 2.45) is 5.92 Å². The molecule has 0 spiro atoms. The Labute approximate surface area is 160 Å². The maximum atomic E-state index is 12.9. The summed E-state index contributed by atoms with van der Waals surface area (Å²) in [6.07, 6.45) is 4.63. The van der Waals surface area contributed by atoms with Crippen LogP contribution in [0.15, 0.2) is 30.3 Å². The Hall–Kier alpha value is -2.28. The summed E-state index contributed by atoms with van der Waals surface area (Å²) < 4.78 is 1.60. The standard InChI is InChI=1S/C20H28N6O/c1-16-21-22-23-26(16)15-20(27)25-13-18-9-10-19(25)14-24(12-18)11-5-8-17-6-3-2-4-7-17/h2-4,6-7,18-19H,5,8-15H2,1H3/t18-,19+/m1/s1. The van der Waals surface area contributed by atoms with Crippen molar-refractivity contribution in [1.82, 2.24) is 30.0 Å². The molecule has 0 N–H and O–H groups in total. The SMILES string of the molecule is Cc1nnnn1CC(=O)N1C[C@@H]2CC[C@H]1CN(CCCc1ccccc1)C2. The third-order valence-corrected chi connectivity index (χ3v) is 5.89. The van der Waals surface area contributed by atoms with E-state index in [9.17, 15) is 4.79 Å². The topological polar surface area (TPSA) is 67.2 Å². The van der Waals surface area contributed by atoms with Crippen molar-refractivity contribution in [3.8, 4) is 0 Å². The van der Waals surface area contributed by atoms with Gasteiger partial charge in [-0.25, -0.2) is 4.68 Å². The second-order valence-electron chi connectivity index (χ2n) is 7.88. The average Bonchev–Trinajstić information content (AvgIpc) is 2.89. The number of rotatable bonds is 6. The lowest BCUT2D eigenvalue weighted by Crippen LogP contribution is -2.48. The van der Waals surface area contributed by atoms with E-state index in [1.807, 2.05) is 6.92 Å². The second-order valence-corrected chi connectivity index (χ2v) is 7.88. The van der Waals surface area contributed by atoms with Crippen LogP contribution in [0.2, 0.25) is 0 Å². The molecule has 2 bridgehead atoms. The third kappa shape index (κ3) is 4.35. The molecule has 27 heavy (non-hydrogen) atoms. The van der Waals surface area contributed by atoms with Crippen LogP contribution in [0, 0.1) is 12.8 Å². The predicted molar refractivity (Wildman–Crippen MR) is 102 cm³/mol. The summed E-state index contributed by atoms with van der Waals surface area (Å²) in [6.45, 7) is 6.16. The lowest BCUT2D eigenvalue weighted by Gasteiger charge is -2.36. The fourth-order valence-electron chi connectivity index (χ4n) is 4.43. The minimum atomic E-state index is 0.145. The van der Waals surface area contributed by atoms with E-state index in [4.69, 9.17) is 0 Å². The van der Waals surface area contributed by atoms with Crippen LogP contribution in [0.4, 0.5) is 0 Å². The molecule has 3 fully saturated rings. The fourth-order valence-corrected chi connectivity index (χ4v) is 4.43. The van der Waals surface area contributed by atoms with Gasteiger partial charge in [0.1, 0.15) is 12.4 Å². The Balaban J connectivity index is 1.33. The van der Waals surface area contributed by atoms with Gasteiger partial charge in [-0.3, -0.25) is 4.79 Å². The number of carbonyl (C=O) groups excluding carboxylic acids is 1. The van der Waals surface area contributed by atoms with Crippen molar-refractivity contribution in [2.75, 3.05) is 26.2 Å². The molecule has 2 aromatic rings. The van der Waals surface area contributed by atoms with E-state index in [0.29, 0.717) is 17.8 Å². The Morgan fingerprint density at radius 3 is 2.78 bits per heavy atom. The number of fused-ring (bicyclic) bond motifs is 4. The maximum Gasteiger partial charge on any atom is 0.244 e. The highest BCUT2D eigenvalue weighted by atomic mass is 16.2. The molecule has 3 saturated heterocycles. The highest BCUT2D eigenvalue weighted by Gasteiger charge is 2.37. The van der Waals surface area contributed by atoms with Gasteiger partial charge in [0.2, 0.25) is 5.91 Å². The van der Waals surface area contributed by atoms with Gasteiger partial charge in [0.05, 0.1) is 0 Å². The van der Waals surface area contributed by atoms with Crippen molar-refractivity contribution < 1.29 is 4.79 Å². The lowest BCUT2D eigenvalue weighted by molar-refractivity contribution is -0.136. The molecule has 7 nitrogen and oxygen atoms in total. The van der Waals surface area contributed by atoms with E-state index in [-0.39, 0.29) is 12.5 Å². The van der Waals surface area contributed by atoms with Crippen LogP contribution in [0.1, 0.15) is 30.7 Å². The van der Waals surface area contributed by atoms with Crippen molar-refractivity contribution in [2.45, 2.75) is 45.2 Å². The van der Waals surface area contributed by atoms with Crippen molar-refractivity contribution in [1.29, 1.82) is 0 Å². The lowest BCUT2D eigenvalue weighted by atomic mass is 9.95. The second kappa shape index (κ2) is 8.17. The van der Waals surface area contributed by atoms with Gasteiger partial charge in [-0.15, -0.1) is 5.10 Å². The van der Waals surface area contributed by atoms with Gasteiger partial charge in [-0.05, 0) is 61.1 Å². The van der Waals surface area contributed by atoms with Crippen LogP contribution >= 0.6 is 0 Å². The number of benzene rings is 1. The quantitative estimate of drug-likeness (QED) is 0.774. The van der Waals surface area contributed by atoms with Gasteiger partial charge in [0.15, 0.2) is 0 Å². The summed E-state index contributed by atoms with van der Waals surface area (Å²) >= 11 is 0. The zero-order chi connectivity index (χ0) is 18.6. The predicted octanol–water partition coefficient (Wildman–Crippen LogP) is 1.54. The van der Waals surface area contributed by atoms with Gasteiger partial charge < -0.3 is 9.80 Å². The highest BCUT2D eigenvalue weighted by Crippen LogP contribution is 2.28. The Kier molecular flexibility index (Phi) is 5.48. The first kappa shape index (κ1) is 18.1. The molecule has 4 heterocycles. The normalized spacial score (nSPS) is 22.8. The number of hydrogen-bond acceptors (Lipinski definition) is 5. The molecule has 1 aromatic carbocycles. The summed E-state index contributed by atoms with van der Waals surface area (Å²) in [7, 11) is 0. The molecule has 3 aliphatic rings. The summed E-state index contributed by atoms with van der Waals surface area (Å²) in [6, 6.07) is 11.0. The number of amides is 1. The minimum Gasteiger partial charge on any atom is -0.336 e. The van der Waals surface area contributed by atoms with Gasteiger partial charge in [-0.1, -0.05) is 30.3 Å². The molecule has 0 unspecified atom stereocenters. The Morgan fingerprint density at radius 1 is 1.15 bits per heavy atom. The Bertz CT molecular complexity index is 761. The number of aryl methyl sites for hydroxylation is 2. The summed E-state index contributed by atoms with van der Waals surface area (Å²) in [5.74, 6) is 1.41. The molecule has 1 amide bonds. The Morgan fingerprint density at radius 2 is 2.00 bits per heavy atom. The highest BCUT2D eigenvalue weighted by molar-refractivity contribution is 5.76. The van der Waals surface area contributed by atoms with Gasteiger partial charge in [0, 0.05) is 25.7 Å². The summed E-state index contributed by atoms with van der Waals surface area (Å²) in [5, 5.41) is 11.4. The van der Waals surface area contributed by atoms with Crippen LogP contribution < -0.4 is 0 Å². The molecule has 0 saturated carbocycles. The maximum absolute atomic E-state index is 12.9. The molecule has 2 atom stereocenters. The molecule has 0 aliphatic carbocycles. The zero-order valence-electron chi connectivity index (χ0n) is 16.0. The van der Waals surface area contributed by atoms with Crippen LogP contribution in [0.5, 0.6) is 0 Å². The summed E-state index contributed by atoms with van der Waals surface area (Å²) in [4.78, 5) is 17.5. The van der Waals surface area contributed by atoms with E-state index in [1.54, 1.807) is 4.68 Å². The van der Waals surface area contributed by atoms with Gasteiger partial charge in [-0.2, -0.15) is 0 Å². The van der Waals surface area contributed by atoms with E-state index in [1.165, 1.54) is 18.4 Å². The number of carbonyl (C=O) groups is 1. The fraction of sp³-hybridized carbons (Fsp3) is 0.600. The first-order chi connectivity index (χ1) is 13.2. The molecule has 144 valence electrons. The third-order valence-electron chi connectivity index (χ3n) is 5.89. The van der Waals surface area contributed by atoms with Gasteiger partial charge in [0.25, 0.3) is 0 Å². The largest absolute Gasteiger partial charge is 0.336 e. The van der Waals surface area contributed by atoms with Crippen LogP contribution in [-0.2, 0) is 17.8 Å². The zero-order valence-corrected chi connectivity index (χ0v) is 16.0. The number of tetrazole rings is 1. The average molecular weight is 368 g/mol. The first-order valence-electron chi connectivity index (χ1n) is 9.97. The van der Waals surface area contributed by atoms with Crippen LogP contribution in [0.25, 0.3) is 0 Å². The molecule has 5 rings (SSSR count). The van der Waals surface area contributed by atoms with E-state index in [2.05, 4.69) is 55.7 Å². The minimum absolute atomic E-state index is 0.145. The monoisotopic (exact) mass is 368 g/mol. The van der Waals surface area contributed by atoms with E-state index >= 15 is 0 Å². The van der Waals surface area contributed by atoms with E-state index in [0.717, 1.165) is 39.0 Å². The number of piperidine rings is 1. The molecular weight excluding hydrogens is 340 g/mol.